The number of rotatable bonds is 5. The van der Waals surface area contributed by atoms with Crippen molar-refractivity contribution in [2.24, 2.45) is 0 Å². The maximum Gasteiger partial charge on any atom is 0.410 e. The molecular weight excluding hydrogens is 478 g/mol. The van der Waals surface area contributed by atoms with Gasteiger partial charge in [0.15, 0.2) is 0 Å². The van der Waals surface area contributed by atoms with Crippen LogP contribution in [0.3, 0.4) is 0 Å². The number of hydrogen-bond acceptors (Lipinski definition) is 9. The van der Waals surface area contributed by atoms with Gasteiger partial charge in [0.25, 0.3) is 0 Å². The zero-order valence-corrected chi connectivity index (χ0v) is 22.1. The fraction of sp³-hybridized carbons (Fsp3) is 0.538. The minimum absolute atomic E-state index is 0.132. The summed E-state index contributed by atoms with van der Waals surface area (Å²) in [6.07, 6.45) is 4.20. The molecule has 1 N–H and O–H groups in total. The standard InChI is InChI=1S/C26H33N5O4S/c1-16-11-22(30-23(12-16)34-18-5-8-31(15-18)25(32)35-26(2,3)4)29-21-13-19-20(14-27-21)36-24(28-19)17-6-9-33-10-7-17/h11-14,17-18H,5-10,15H2,1-4H3,(H,27,29,30)/t18-/m0/s1. The van der Waals surface area contributed by atoms with Crippen LogP contribution in [0.4, 0.5) is 16.4 Å². The van der Waals surface area contributed by atoms with Crippen molar-refractivity contribution in [3.05, 3.63) is 35.0 Å². The molecule has 3 aromatic heterocycles. The molecule has 0 aromatic carbocycles. The number of pyridine rings is 2. The second kappa shape index (κ2) is 10.2. The smallest absolute Gasteiger partial charge is 0.410 e. The summed E-state index contributed by atoms with van der Waals surface area (Å²) >= 11 is 1.72. The predicted octanol–water partition coefficient (Wildman–Crippen LogP) is 5.42. The fourth-order valence-corrected chi connectivity index (χ4v) is 5.50. The highest BCUT2D eigenvalue weighted by molar-refractivity contribution is 7.18. The summed E-state index contributed by atoms with van der Waals surface area (Å²) in [4.78, 5) is 28.1. The van der Waals surface area contributed by atoms with Crippen molar-refractivity contribution >= 4 is 39.3 Å². The van der Waals surface area contributed by atoms with Crippen LogP contribution >= 0.6 is 11.3 Å². The van der Waals surface area contributed by atoms with Crippen molar-refractivity contribution in [3.8, 4) is 5.88 Å². The quantitative estimate of drug-likeness (QED) is 0.485. The Kier molecular flexibility index (Phi) is 6.98. The van der Waals surface area contributed by atoms with E-state index in [0.717, 1.165) is 53.3 Å². The Morgan fingerprint density at radius 2 is 1.94 bits per heavy atom. The van der Waals surface area contributed by atoms with E-state index in [0.29, 0.717) is 36.5 Å². The van der Waals surface area contributed by atoms with Crippen LogP contribution in [0.2, 0.25) is 0 Å². The summed E-state index contributed by atoms with van der Waals surface area (Å²) in [5, 5.41) is 4.46. The van der Waals surface area contributed by atoms with Gasteiger partial charge in [0, 0.05) is 50.4 Å². The van der Waals surface area contributed by atoms with Gasteiger partial charge >= 0.3 is 6.09 Å². The van der Waals surface area contributed by atoms with Crippen LogP contribution in [-0.4, -0.2) is 64.0 Å². The molecule has 2 fully saturated rings. The summed E-state index contributed by atoms with van der Waals surface area (Å²) in [6, 6.07) is 5.82. The number of aromatic nitrogens is 3. The first-order valence-electron chi connectivity index (χ1n) is 12.5. The number of carbonyl (C=O) groups excluding carboxylic acids is 1. The van der Waals surface area contributed by atoms with Gasteiger partial charge in [-0.2, -0.15) is 4.98 Å². The Bertz CT molecular complexity index is 1230. The number of carbonyl (C=O) groups is 1. The van der Waals surface area contributed by atoms with E-state index in [-0.39, 0.29) is 12.2 Å². The number of amides is 1. The van der Waals surface area contributed by atoms with E-state index in [2.05, 4.69) is 15.3 Å². The molecule has 10 heteroatoms. The van der Waals surface area contributed by atoms with Gasteiger partial charge in [-0.15, -0.1) is 11.3 Å². The first kappa shape index (κ1) is 24.7. The Labute approximate surface area is 215 Å². The van der Waals surface area contributed by atoms with E-state index in [1.54, 1.807) is 16.2 Å². The van der Waals surface area contributed by atoms with Gasteiger partial charge in [0.2, 0.25) is 5.88 Å². The minimum Gasteiger partial charge on any atom is -0.472 e. The number of anilines is 2. The van der Waals surface area contributed by atoms with E-state index in [1.165, 1.54) is 0 Å². The van der Waals surface area contributed by atoms with Crippen LogP contribution in [0.1, 0.15) is 56.5 Å². The lowest BCUT2D eigenvalue weighted by Crippen LogP contribution is -2.36. The molecule has 0 radical (unpaired) electrons. The molecule has 192 valence electrons. The van der Waals surface area contributed by atoms with Crippen molar-refractivity contribution in [2.75, 3.05) is 31.6 Å². The molecule has 2 saturated heterocycles. The molecule has 0 saturated carbocycles. The molecule has 3 aromatic rings. The average molecular weight is 512 g/mol. The summed E-state index contributed by atoms with van der Waals surface area (Å²) < 4.78 is 18.2. The van der Waals surface area contributed by atoms with Crippen LogP contribution in [0.15, 0.2) is 24.4 Å². The number of hydrogen-bond donors (Lipinski definition) is 1. The van der Waals surface area contributed by atoms with Crippen molar-refractivity contribution in [1.29, 1.82) is 0 Å². The fourth-order valence-electron chi connectivity index (χ4n) is 4.42. The van der Waals surface area contributed by atoms with E-state index in [4.69, 9.17) is 19.2 Å². The van der Waals surface area contributed by atoms with Gasteiger partial charge < -0.3 is 24.4 Å². The van der Waals surface area contributed by atoms with Gasteiger partial charge in [0.1, 0.15) is 23.3 Å². The zero-order valence-electron chi connectivity index (χ0n) is 21.2. The molecule has 2 aliphatic rings. The zero-order chi connectivity index (χ0) is 25.3. The molecule has 1 atom stereocenters. The van der Waals surface area contributed by atoms with E-state index in [9.17, 15) is 4.79 Å². The second-order valence-electron chi connectivity index (χ2n) is 10.4. The molecular formula is C26H33N5O4S. The third-order valence-corrected chi connectivity index (χ3v) is 7.32. The number of likely N-dealkylation sites (tertiary alicyclic amines) is 1. The van der Waals surface area contributed by atoms with Crippen LogP contribution in [0, 0.1) is 6.92 Å². The molecule has 5 heterocycles. The Balaban J connectivity index is 1.24. The molecule has 0 spiro atoms. The van der Waals surface area contributed by atoms with Crippen molar-refractivity contribution in [3.63, 3.8) is 0 Å². The molecule has 9 nitrogen and oxygen atoms in total. The Morgan fingerprint density at radius 1 is 1.14 bits per heavy atom. The molecule has 0 aliphatic carbocycles. The topological polar surface area (TPSA) is 98.7 Å². The maximum absolute atomic E-state index is 12.4. The van der Waals surface area contributed by atoms with Crippen molar-refractivity contribution in [2.45, 2.75) is 64.6 Å². The molecule has 0 unspecified atom stereocenters. The van der Waals surface area contributed by atoms with Crippen LogP contribution in [0.5, 0.6) is 5.88 Å². The average Bonchev–Trinajstić information content (AvgIpc) is 3.45. The summed E-state index contributed by atoms with van der Waals surface area (Å²) in [5.41, 5.74) is 1.44. The van der Waals surface area contributed by atoms with Gasteiger partial charge in [-0.3, -0.25) is 0 Å². The molecule has 0 bridgehead atoms. The third kappa shape index (κ3) is 6.04. The summed E-state index contributed by atoms with van der Waals surface area (Å²) in [6.45, 7) is 10.3. The number of nitrogens with zero attached hydrogens (tertiary/aromatic N) is 4. The van der Waals surface area contributed by atoms with Crippen molar-refractivity contribution in [1.82, 2.24) is 19.9 Å². The Morgan fingerprint density at radius 3 is 2.72 bits per heavy atom. The number of ether oxygens (including phenoxy) is 3. The SMILES string of the molecule is Cc1cc(Nc2cc3nc(C4CCOCC4)sc3cn2)nc(O[C@H]2CCN(C(=O)OC(C)(C)C)C2)c1. The monoisotopic (exact) mass is 511 g/mol. The second-order valence-corrected chi connectivity index (χ2v) is 11.5. The van der Waals surface area contributed by atoms with Gasteiger partial charge in [0.05, 0.1) is 21.8 Å². The predicted molar refractivity (Wildman–Crippen MR) is 139 cm³/mol. The first-order valence-corrected chi connectivity index (χ1v) is 13.3. The number of nitrogens with one attached hydrogen (secondary N) is 1. The van der Waals surface area contributed by atoms with Crippen LogP contribution in [-0.2, 0) is 9.47 Å². The highest BCUT2D eigenvalue weighted by atomic mass is 32.1. The Hall–Kier alpha value is -2.98. The summed E-state index contributed by atoms with van der Waals surface area (Å²) in [7, 11) is 0. The summed E-state index contributed by atoms with van der Waals surface area (Å²) in [5.74, 6) is 2.32. The number of fused-ring (bicyclic) bond motifs is 1. The molecule has 2 aliphatic heterocycles. The van der Waals surface area contributed by atoms with E-state index < -0.39 is 5.60 Å². The molecule has 36 heavy (non-hydrogen) atoms. The molecule has 1 amide bonds. The molecule has 5 rings (SSSR count). The lowest BCUT2D eigenvalue weighted by molar-refractivity contribution is 0.0275. The van der Waals surface area contributed by atoms with Gasteiger partial charge in [-0.1, -0.05) is 0 Å². The van der Waals surface area contributed by atoms with Crippen molar-refractivity contribution < 1.29 is 19.0 Å². The normalized spacial score (nSPS) is 19.0. The van der Waals surface area contributed by atoms with Gasteiger partial charge in [-0.05, 0) is 52.2 Å². The number of aryl methyl sites for hydroxylation is 1. The van der Waals surface area contributed by atoms with E-state index >= 15 is 0 Å². The van der Waals surface area contributed by atoms with E-state index in [1.807, 2.05) is 52.1 Å². The highest BCUT2D eigenvalue weighted by Gasteiger charge is 2.31. The number of thiazole rings is 1. The largest absolute Gasteiger partial charge is 0.472 e. The lowest BCUT2D eigenvalue weighted by Gasteiger charge is -2.24. The lowest BCUT2D eigenvalue weighted by atomic mass is 10.0. The van der Waals surface area contributed by atoms with Crippen LogP contribution < -0.4 is 10.1 Å². The highest BCUT2D eigenvalue weighted by Crippen LogP contribution is 2.34. The maximum atomic E-state index is 12.4. The van der Waals surface area contributed by atoms with Crippen LogP contribution in [0.25, 0.3) is 10.2 Å². The minimum atomic E-state index is -0.517. The van der Waals surface area contributed by atoms with Gasteiger partial charge in [-0.25, -0.2) is 14.8 Å². The first-order chi connectivity index (χ1) is 17.2. The third-order valence-electron chi connectivity index (χ3n) is 6.15.